The molecule has 0 saturated carbocycles. The molecule has 6 heteroatoms. The number of thioether (sulfide) groups is 1. The van der Waals surface area contributed by atoms with Gasteiger partial charge < -0.3 is 15.1 Å². The summed E-state index contributed by atoms with van der Waals surface area (Å²) in [5.41, 5.74) is 1.09. The Kier molecular flexibility index (Phi) is 6.83. The highest BCUT2D eigenvalue weighted by atomic mass is 32.2. The molecule has 4 nitrogen and oxygen atoms in total. The van der Waals surface area contributed by atoms with Crippen molar-refractivity contribution in [1.82, 2.24) is 10.2 Å². The molecule has 1 N–H and O–H groups in total. The molecular formula is C16H25FN4S. The first-order chi connectivity index (χ1) is 10.7. The third kappa shape index (κ3) is 4.80. The van der Waals surface area contributed by atoms with Gasteiger partial charge >= 0.3 is 0 Å². The van der Waals surface area contributed by atoms with E-state index in [4.69, 9.17) is 0 Å². The van der Waals surface area contributed by atoms with Crippen LogP contribution >= 0.6 is 11.8 Å². The van der Waals surface area contributed by atoms with Gasteiger partial charge in [0.2, 0.25) is 0 Å². The van der Waals surface area contributed by atoms with Crippen molar-refractivity contribution in [1.29, 1.82) is 0 Å². The van der Waals surface area contributed by atoms with E-state index in [1.807, 2.05) is 30.9 Å². The molecule has 1 saturated heterocycles. The first-order valence-corrected chi connectivity index (χ1v) is 9.09. The van der Waals surface area contributed by atoms with Gasteiger partial charge in [0.15, 0.2) is 5.96 Å². The molecule has 0 radical (unpaired) electrons. The number of nitrogens with zero attached hydrogens (tertiary/aromatic N) is 3. The highest BCUT2D eigenvalue weighted by Crippen LogP contribution is 2.16. The van der Waals surface area contributed by atoms with Crippen LogP contribution < -0.4 is 10.2 Å². The molecule has 1 aromatic carbocycles. The summed E-state index contributed by atoms with van der Waals surface area (Å²) in [5, 5.41) is 3.43. The molecule has 122 valence electrons. The number of aliphatic imine (C=N–C) groups is 1. The van der Waals surface area contributed by atoms with E-state index in [1.165, 1.54) is 17.9 Å². The second-order valence-electron chi connectivity index (χ2n) is 5.27. The minimum atomic E-state index is -0.183. The summed E-state index contributed by atoms with van der Waals surface area (Å²) in [6.45, 7) is 4.68. The third-order valence-electron chi connectivity index (χ3n) is 3.79. The third-order valence-corrected chi connectivity index (χ3v) is 4.49. The highest BCUT2D eigenvalue weighted by molar-refractivity contribution is 7.98. The molecule has 0 unspecified atom stereocenters. The van der Waals surface area contributed by atoms with Crippen LogP contribution in [0.2, 0.25) is 0 Å². The number of guanidine groups is 1. The fourth-order valence-electron chi connectivity index (χ4n) is 2.58. The van der Waals surface area contributed by atoms with Crippen molar-refractivity contribution in [2.24, 2.45) is 4.99 Å². The van der Waals surface area contributed by atoms with Crippen molar-refractivity contribution in [2.75, 3.05) is 56.7 Å². The lowest BCUT2D eigenvalue weighted by Gasteiger charge is -2.37. The molecule has 1 heterocycles. The normalized spacial score (nSPS) is 16.0. The summed E-state index contributed by atoms with van der Waals surface area (Å²) < 4.78 is 13.0. The zero-order chi connectivity index (χ0) is 15.8. The Bertz CT molecular complexity index is 470. The summed E-state index contributed by atoms with van der Waals surface area (Å²) in [5.74, 6) is 1.97. The van der Waals surface area contributed by atoms with E-state index in [1.54, 1.807) is 0 Å². The first-order valence-electron chi connectivity index (χ1n) is 7.69. The Morgan fingerprint density at radius 1 is 1.23 bits per heavy atom. The predicted octanol–water partition coefficient (Wildman–Crippen LogP) is 2.28. The van der Waals surface area contributed by atoms with Gasteiger partial charge in [-0.2, -0.15) is 11.8 Å². The van der Waals surface area contributed by atoms with E-state index < -0.39 is 0 Å². The van der Waals surface area contributed by atoms with Gasteiger partial charge in [0, 0.05) is 45.5 Å². The topological polar surface area (TPSA) is 30.9 Å². The van der Waals surface area contributed by atoms with Crippen LogP contribution in [0.4, 0.5) is 10.1 Å². The van der Waals surface area contributed by atoms with Gasteiger partial charge in [-0.1, -0.05) is 0 Å². The Morgan fingerprint density at radius 2 is 1.91 bits per heavy atom. The van der Waals surface area contributed by atoms with Crippen LogP contribution in [0.25, 0.3) is 0 Å². The number of rotatable bonds is 5. The zero-order valence-corrected chi connectivity index (χ0v) is 14.2. The van der Waals surface area contributed by atoms with E-state index in [2.05, 4.69) is 26.4 Å². The smallest absolute Gasteiger partial charge is 0.193 e. The lowest BCUT2D eigenvalue weighted by molar-refractivity contribution is 0.373. The predicted molar refractivity (Wildman–Crippen MR) is 94.5 cm³/mol. The number of halogens is 1. The maximum atomic E-state index is 13.0. The second-order valence-corrected chi connectivity index (χ2v) is 6.26. The molecule has 0 atom stereocenters. The number of anilines is 1. The largest absolute Gasteiger partial charge is 0.368 e. The fourth-order valence-corrected chi connectivity index (χ4v) is 3.01. The van der Waals surface area contributed by atoms with Crippen molar-refractivity contribution in [3.8, 4) is 0 Å². The molecular weight excluding hydrogens is 299 g/mol. The van der Waals surface area contributed by atoms with Gasteiger partial charge in [0.25, 0.3) is 0 Å². The molecule has 1 aromatic rings. The second kappa shape index (κ2) is 8.88. The monoisotopic (exact) mass is 324 g/mol. The average molecular weight is 324 g/mol. The summed E-state index contributed by atoms with van der Waals surface area (Å²) in [6, 6.07) is 6.74. The van der Waals surface area contributed by atoms with Crippen molar-refractivity contribution < 1.29 is 4.39 Å². The number of nitrogens with one attached hydrogen (secondary N) is 1. The first kappa shape index (κ1) is 16.9. The lowest BCUT2D eigenvalue weighted by Crippen LogP contribution is -2.52. The Morgan fingerprint density at radius 3 is 2.50 bits per heavy atom. The molecule has 1 aliphatic rings. The fraction of sp³-hybridized carbons (Fsp3) is 0.562. The van der Waals surface area contributed by atoms with E-state index in [0.29, 0.717) is 0 Å². The van der Waals surface area contributed by atoms with Gasteiger partial charge in [-0.3, -0.25) is 4.99 Å². The van der Waals surface area contributed by atoms with Gasteiger partial charge in [0.05, 0.1) is 0 Å². The maximum absolute atomic E-state index is 13.0. The maximum Gasteiger partial charge on any atom is 0.193 e. The highest BCUT2D eigenvalue weighted by Gasteiger charge is 2.19. The van der Waals surface area contributed by atoms with Gasteiger partial charge in [-0.15, -0.1) is 0 Å². The summed E-state index contributed by atoms with van der Waals surface area (Å²) in [7, 11) is 1.84. The summed E-state index contributed by atoms with van der Waals surface area (Å²) >= 11 is 1.87. The molecule has 0 aliphatic carbocycles. The van der Waals surface area contributed by atoms with E-state index in [9.17, 15) is 4.39 Å². The quantitative estimate of drug-likeness (QED) is 0.511. The van der Waals surface area contributed by atoms with E-state index in [0.717, 1.165) is 50.8 Å². The Hall–Kier alpha value is -1.43. The van der Waals surface area contributed by atoms with Gasteiger partial charge in [-0.05, 0) is 42.7 Å². The van der Waals surface area contributed by atoms with E-state index >= 15 is 0 Å². The molecule has 0 aromatic heterocycles. The molecule has 0 spiro atoms. The molecule has 2 rings (SSSR count). The van der Waals surface area contributed by atoms with Crippen LogP contribution in [0.3, 0.4) is 0 Å². The van der Waals surface area contributed by atoms with Gasteiger partial charge in [0.1, 0.15) is 5.82 Å². The zero-order valence-electron chi connectivity index (χ0n) is 13.4. The number of piperazine rings is 1. The standard InChI is InChI=1S/C16H25FN4S/c1-18-16(19-8-3-13-22-2)21-11-9-20(10-12-21)15-6-4-14(17)5-7-15/h4-7H,3,8-13H2,1-2H3,(H,18,19). The lowest BCUT2D eigenvalue weighted by atomic mass is 10.2. The molecule has 0 bridgehead atoms. The van der Waals surface area contributed by atoms with Crippen LogP contribution in [0.5, 0.6) is 0 Å². The summed E-state index contributed by atoms with van der Waals surface area (Å²) in [4.78, 5) is 8.95. The SMILES string of the molecule is CN=C(NCCCSC)N1CCN(c2ccc(F)cc2)CC1. The van der Waals surface area contributed by atoms with Crippen LogP contribution in [0.1, 0.15) is 6.42 Å². The minimum absolute atomic E-state index is 0.183. The number of hydrogen-bond acceptors (Lipinski definition) is 3. The van der Waals surface area contributed by atoms with Crippen LogP contribution in [-0.2, 0) is 0 Å². The number of hydrogen-bond donors (Lipinski definition) is 1. The minimum Gasteiger partial charge on any atom is -0.368 e. The average Bonchev–Trinajstić information content (AvgIpc) is 2.56. The van der Waals surface area contributed by atoms with Crippen molar-refractivity contribution in [2.45, 2.75) is 6.42 Å². The molecule has 1 aliphatic heterocycles. The summed E-state index contributed by atoms with van der Waals surface area (Å²) in [6.07, 6.45) is 3.28. The van der Waals surface area contributed by atoms with E-state index in [-0.39, 0.29) is 5.82 Å². The Labute approximate surface area is 136 Å². The van der Waals surface area contributed by atoms with Gasteiger partial charge in [-0.25, -0.2) is 4.39 Å². The Balaban J connectivity index is 1.81. The van der Waals surface area contributed by atoms with Crippen LogP contribution in [-0.4, -0.2) is 62.6 Å². The number of benzene rings is 1. The van der Waals surface area contributed by atoms with Crippen molar-refractivity contribution >= 4 is 23.4 Å². The van der Waals surface area contributed by atoms with Crippen molar-refractivity contribution in [3.63, 3.8) is 0 Å². The molecule has 0 amide bonds. The van der Waals surface area contributed by atoms with Crippen LogP contribution in [0, 0.1) is 5.82 Å². The van der Waals surface area contributed by atoms with Crippen molar-refractivity contribution in [3.05, 3.63) is 30.1 Å². The molecule has 1 fully saturated rings. The van der Waals surface area contributed by atoms with Crippen LogP contribution in [0.15, 0.2) is 29.3 Å². The molecule has 22 heavy (non-hydrogen) atoms.